The molecule has 0 aromatic carbocycles. The zero-order chi connectivity index (χ0) is 13.7. The normalized spacial score (nSPS) is 14.7. The van der Waals surface area contributed by atoms with Crippen LogP contribution in [0.1, 0.15) is 59.3 Å². The number of aromatic nitrogens is 4. The van der Waals surface area contributed by atoms with Gasteiger partial charge in [0.25, 0.3) is 0 Å². The van der Waals surface area contributed by atoms with E-state index in [1.807, 2.05) is 6.33 Å². The first kappa shape index (κ1) is 14.0. The Hall–Kier alpha value is -1.45. The SMILES string of the molecule is CCCCC(CC)(CCC)n1cnc2cncnc21. The van der Waals surface area contributed by atoms with Crippen LogP contribution < -0.4 is 0 Å². The number of hydrogen-bond donors (Lipinski definition) is 0. The van der Waals surface area contributed by atoms with Crippen LogP contribution in [0.3, 0.4) is 0 Å². The molecule has 0 bridgehead atoms. The Kier molecular flexibility index (Phi) is 4.51. The Balaban J connectivity index is 2.46. The Morgan fingerprint density at radius 1 is 1.11 bits per heavy atom. The average Bonchev–Trinajstić information content (AvgIpc) is 2.88. The lowest BCUT2D eigenvalue weighted by Crippen LogP contribution is -2.32. The van der Waals surface area contributed by atoms with Crippen LogP contribution in [0.4, 0.5) is 0 Å². The molecule has 1 unspecified atom stereocenters. The van der Waals surface area contributed by atoms with Crippen molar-refractivity contribution in [1.82, 2.24) is 19.5 Å². The van der Waals surface area contributed by atoms with Gasteiger partial charge in [0.15, 0.2) is 5.65 Å². The van der Waals surface area contributed by atoms with E-state index < -0.39 is 0 Å². The third-order valence-corrected chi connectivity index (χ3v) is 4.09. The molecule has 0 N–H and O–H groups in total. The molecule has 0 aliphatic rings. The van der Waals surface area contributed by atoms with Gasteiger partial charge in [0, 0.05) is 5.54 Å². The van der Waals surface area contributed by atoms with E-state index in [-0.39, 0.29) is 5.54 Å². The number of hydrogen-bond acceptors (Lipinski definition) is 3. The zero-order valence-corrected chi connectivity index (χ0v) is 12.3. The van der Waals surface area contributed by atoms with Crippen LogP contribution in [0, 0.1) is 0 Å². The molecule has 0 aliphatic carbocycles. The Morgan fingerprint density at radius 3 is 2.63 bits per heavy atom. The molecule has 0 saturated heterocycles. The number of imidazole rings is 1. The van der Waals surface area contributed by atoms with E-state index in [2.05, 4.69) is 40.3 Å². The Morgan fingerprint density at radius 2 is 1.95 bits per heavy atom. The number of fused-ring (bicyclic) bond motifs is 1. The van der Waals surface area contributed by atoms with E-state index in [4.69, 9.17) is 0 Å². The summed E-state index contributed by atoms with van der Waals surface area (Å²) < 4.78 is 2.29. The van der Waals surface area contributed by atoms with Crippen molar-refractivity contribution in [2.24, 2.45) is 0 Å². The minimum Gasteiger partial charge on any atom is -0.309 e. The lowest BCUT2D eigenvalue weighted by Gasteiger charge is -2.34. The minimum absolute atomic E-state index is 0.161. The largest absolute Gasteiger partial charge is 0.309 e. The molecule has 0 spiro atoms. The summed E-state index contributed by atoms with van der Waals surface area (Å²) >= 11 is 0. The first-order valence-corrected chi connectivity index (χ1v) is 7.41. The van der Waals surface area contributed by atoms with Crippen LogP contribution in [0.15, 0.2) is 18.9 Å². The van der Waals surface area contributed by atoms with Gasteiger partial charge in [-0.25, -0.2) is 15.0 Å². The molecule has 2 aromatic heterocycles. The fraction of sp³-hybridized carbons (Fsp3) is 0.667. The van der Waals surface area contributed by atoms with Gasteiger partial charge in [0.05, 0.1) is 12.5 Å². The molecule has 2 aromatic rings. The number of nitrogens with zero attached hydrogens (tertiary/aromatic N) is 4. The first-order valence-electron chi connectivity index (χ1n) is 7.41. The molecule has 104 valence electrons. The van der Waals surface area contributed by atoms with E-state index in [9.17, 15) is 0 Å². The molecular formula is C15H24N4. The van der Waals surface area contributed by atoms with E-state index in [0.717, 1.165) is 17.6 Å². The summed E-state index contributed by atoms with van der Waals surface area (Å²) in [7, 11) is 0. The summed E-state index contributed by atoms with van der Waals surface area (Å²) in [4.78, 5) is 13.0. The van der Waals surface area contributed by atoms with Gasteiger partial charge in [-0.1, -0.05) is 40.0 Å². The van der Waals surface area contributed by atoms with E-state index in [1.54, 1.807) is 12.5 Å². The third kappa shape index (κ3) is 2.62. The summed E-state index contributed by atoms with van der Waals surface area (Å²) in [6, 6.07) is 0. The van der Waals surface area contributed by atoms with Crippen molar-refractivity contribution in [1.29, 1.82) is 0 Å². The second kappa shape index (κ2) is 6.13. The molecule has 4 heteroatoms. The van der Waals surface area contributed by atoms with E-state index in [0.29, 0.717) is 0 Å². The lowest BCUT2D eigenvalue weighted by atomic mass is 9.85. The van der Waals surface area contributed by atoms with Gasteiger partial charge in [-0.05, 0) is 19.3 Å². The summed E-state index contributed by atoms with van der Waals surface area (Å²) in [5.74, 6) is 0. The molecule has 0 radical (unpaired) electrons. The summed E-state index contributed by atoms with van der Waals surface area (Å²) in [6.45, 7) is 6.78. The van der Waals surface area contributed by atoms with Crippen LogP contribution in [0.25, 0.3) is 11.2 Å². The minimum atomic E-state index is 0.161. The maximum Gasteiger partial charge on any atom is 0.163 e. The highest BCUT2D eigenvalue weighted by atomic mass is 15.2. The highest BCUT2D eigenvalue weighted by Crippen LogP contribution is 2.34. The van der Waals surface area contributed by atoms with Gasteiger partial charge in [-0.2, -0.15) is 0 Å². The van der Waals surface area contributed by atoms with Crippen molar-refractivity contribution in [3.63, 3.8) is 0 Å². The molecule has 0 amide bonds. The molecule has 1 atom stereocenters. The summed E-state index contributed by atoms with van der Waals surface area (Å²) in [6.07, 6.45) is 12.5. The number of rotatable bonds is 7. The highest BCUT2D eigenvalue weighted by molar-refractivity contribution is 5.69. The summed E-state index contributed by atoms with van der Waals surface area (Å²) in [5.41, 5.74) is 2.03. The molecule has 2 heterocycles. The van der Waals surface area contributed by atoms with Crippen LogP contribution in [0.5, 0.6) is 0 Å². The van der Waals surface area contributed by atoms with Crippen molar-refractivity contribution in [3.05, 3.63) is 18.9 Å². The topological polar surface area (TPSA) is 43.6 Å². The smallest absolute Gasteiger partial charge is 0.163 e. The highest BCUT2D eigenvalue weighted by Gasteiger charge is 2.30. The third-order valence-electron chi connectivity index (χ3n) is 4.09. The lowest BCUT2D eigenvalue weighted by molar-refractivity contribution is 0.227. The second-order valence-corrected chi connectivity index (χ2v) is 5.28. The van der Waals surface area contributed by atoms with Crippen LogP contribution in [-0.2, 0) is 5.54 Å². The number of unbranched alkanes of at least 4 members (excludes halogenated alkanes) is 1. The van der Waals surface area contributed by atoms with E-state index in [1.165, 1.54) is 32.1 Å². The van der Waals surface area contributed by atoms with Crippen molar-refractivity contribution in [2.75, 3.05) is 0 Å². The standard InChI is InChI=1S/C15H24N4/c1-4-7-9-15(6-3,8-5-2)19-12-18-13-10-16-11-17-14(13)19/h10-12H,4-9H2,1-3H3. The van der Waals surface area contributed by atoms with Gasteiger partial charge in [-0.15, -0.1) is 0 Å². The van der Waals surface area contributed by atoms with Crippen LogP contribution in [-0.4, -0.2) is 19.5 Å². The van der Waals surface area contributed by atoms with Gasteiger partial charge in [0.1, 0.15) is 11.8 Å². The molecule has 0 aliphatic heterocycles. The van der Waals surface area contributed by atoms with Crippen molar-refractivity contribution < 1.29 is 0 Å². The predicted molar refractivity (Wildman–Crippen MR) is 78.0 cm³/mol. The zero-order valence-electron chi connectivity index (χ0n) is 12.3. The van der Waals surface area contributed by atoms with Crippen LogP contribution in [0.2, 0.25) is 0 Å². The van der Waals surface area contributed by atoms with Gasteiger partial charge < -0.3 is 4.57 Å². The van der Waals surface area contributed by atoms with Crippen molar-refractivity contribution >= 4 is 11.2 Å². The van der Waals surface area contributed by atoms with Crippen molar-refractivity contribution in [3.8, 4) is 0 Å². The fourth-order valence-electron chi connectivity index (χ4n) is 2.98. The molecule has 0 saturated carbocycles. The predicted octanol–water partition coefficient (Wildman–Crippen LogP) is 3.92. The van der Waals surface area contributed by atoms with Gasteiger partial charge in [0.2, 0.25) is 0 Å². The monoisotopic (exact) mass is 260 g/mol. The molecule has 2 rings (SSSR count). The second-order valence-electron chi connectivity index (χ2n) is 5.28. The van der Waals surface area contributed by atoms with Gasteiger partial charge >= 0.3 is 0 Å². The quantitative estimate of drug-likeness (QED) is 0.757. The van der Waals surface area contributed by atoms with E-state index >= 15 is 0 Å². The average molecular weight is 260 g/mol. The maximum absolute atomic E-state index is 4.46. The van der Waals surface area contributed by atoms with Gasteiger partial charge in [-0.3, -0.25) is 0 Å². The molecule has 4 nitrogen and oxygen atoms in total. The summed E-state index contributed by atoms with van der Waals surface area (Å²) in [5, 5.41) is 0. The maximum atomic E-state index is 4.46. The first-order chi connectivity index (χ1) is 9.27. The fourth-order valence-corrected chi connectivity index (χ4v) is 2.98. The molecule has 0 fully saturated rings. The Labute approximate surface area is 115 Å². The molecular weight excluding hydrogens is 236 g/mol. The van der Waals surface area contributed by atoms with Crippen LogP contribution >= 0.6 is 0 Å². The molecule has 19 heavy (non-hydrogen) atoms. The van der Waals surface area contributed by atoms with Crippen molar-refractivity contribution in [2.45, 2.75) is 64.8 Å². The Bertz CT molecular complexity index is 520.